The third-order valence-corrected chi connectivity index (χ3v) is 2.30. The molecule has 6 nitrogen and oxygen atoms in total. The van der Waals surface area contributed by atoms with Crippen LogP contribution in [-0.4, -0.2) is 20.9 Å². The van der Waals surface area contributed by atoms with E-state index in [0.717, 1.165) is 0 Å². The van der Waals surface area contributed by atoms with Gasteiger partial charge in [-0.3, -0.25) is 9.78 Å². The number of anilines is 2. The van der Waals surface area contributed by atoms with E-state index >= 15 is 0 Å². The number of hydrogen-bond donors (Lipinski definition) is 2. The molecule has 0 aliphatic heterocycles. The molecule has 0 aromatic carbocycles. The van der Waals surface area contributed by atoms with E-state index in [4.69, 9.17) is 17.3 Å². The van der Waals surface area contributed by atoms with Crippen LogP contribution in [0.5, 0.6) is 0 Å². The molecule has 2 aromatic heterocycles. The third kappa shape index (κ3) is 3.39. The molecule has 92 valence electrons. The lowest BCUT2D eigenvalue weighted by Crippen LogP contribution is -2.16. The average molecular weight is 264 g/mol. The minimum absolute atomic E-state index is 0.141. The van der Waals surface area contributed by atoms with E-state index in [0.29, 0.717) is 17.2 Å². The van der Waals surface area contributed by atoms with Crippen LogP contribution in [0.15, 0.2) is 30.7 Å². The van der Waals surface area contributed by atoms with Gasteiger partial charge in [0, 0.05) is 11.8 Å². The maximum Gasteiger partial charge on any atom is 0.231 e. The molecular weight excluding hydrogens is 254 g/mol. The van der Waals surface area contributed by atoms with Crippen molar-refractivity contribution in [2.45, 2.75) is 6.42 Å². The molecule has 0 aliphatic carbocycles. The van der Waals surface area contributed by atoms with Gasteiger partial charge in [-0.05, 0) is 12.1 Å². The third-order valence-electron chi connectivity index (χ3n) is 2.09. The average Bonchev–Trinajstić information content (AvgIpc) is 2.32. The monoisotopic (exact) mass is 263 g/mol. The molecule has 18 heavy (non-hydrogen) atoms. The second-order valence-corrected chi connectivity index (χ2v) is 3.92. The van der Waals surface area contributed by atoms with Gasteiger partial charge in [-0.25, -0.2) is 9.97 Å². The van der Waals surface area contributed by atoms with Crippen LogP contribution in [-0.2, 0) is 11.2 Å². The number of hydrogen-bond acceptors (Lipinski definition) is 5. The highest BCUT2D eigenvalue weighted by Gasteiger charge is 2.06. The molecule has 0 bridgehead atoms. The van der Waals surface area contributed by atoms with Gasteiger partial charge in [-0.15, -0.1) is 0 Å². The van der Waals surface area contributed by atoms with Crippen molar-refractivity contribution in [2.75, 3.05) is 11.1 Å². The van der Waals surface area contributed by atoms with Crippen LogP contribution < -0.4 is 11.1 Å². The van der Waals surface area contributed by atoms with E-state index in [-0.39, 0.29) is 17.5 Å². The zero-order valence-electron chi connectivity index (χ0n) is 9.30. The molecule has 0 atom stereocenters. The molecule has 2 heterocycles. The fourth-order valence-corrected chi connectivity index (χ4v) is 1.44. The Morgan fingerprint density at radius 2 is 2.17 bits per heavy atom. The van der Waals surface area contributed by atoms with Crippen molar-refractivity contribution in [1.29, 1.82) is 0 Å². The van der Waals surface area contributed by atoms with Gasteiger partial charge >= 0.3 is 0 Å². The molecule has 0 saturated heterocycles. The van der Waals surface area contributed by atoms with E-state index in [1.807, 2.05) is 0 Å². The maximum absolute atomic E-state index is 11.7. The Morgan fingerprint density at radius 3 is 2.83 bits per heavy atom. The van der Waals surface area contributed by atoms with Crippen LogP contribution in [0.1, 0.15) is 5.69 Å². The summed E-state index contributed by atoms with van der Waals surface area (Å²) in [5.41, 5.74) is 6.69. The number of carbonyl (C=O) groups is 1. The predicted molar refractivity (Wildman–Crippen MR) is 68.0 cm³/mol. The molecule has 7 heteroatoms. The predicted octanol–water partition coefficient (Wildman–Crippen LogP) is 1.29. The summed E-state index contributed by atoms with van der Waals surface area (Å²) in [4.78, 5) is 23.3. The van der Waals surface area contributed by atoms with Gasteiger partial charge in [0.1, 0.15) is 17.3 Å². The molecular formula is C11H10ClN5O. The topological polar surface area (TPSA) is 93.8 Å². The van der Waals surface area contributed by atoms with E-state index in [9.17, 15) is 4.79 Å². The van der Waals surface area contributed by atoms with Gasteiger partial charge in [-0.2, -0.15) is 0 Å². The second-order valence-electron chi connectivity index (χ2n) is 3.53. The number of nitrogens with zero attached hydrogens (tertiary/aromatic N) is 3. The molecule has 0 aliphatic rings. The zero-order chi connectivity index (χ0) is 13.0. The quantitative estimate of drug-likeness (QED) is 0.814. The van der Waals surface area contributed by atoms with Crippen LogP contribution in [0.4, 0.5) is 11.5 Å². The summed E-state index contributed by atoms with van der Waals surface area (Å²) >= 11 is 5.68. The number of amides is 1. The Balaban J connectivity index is 1.98. The van der Waals surface area contributed by atoms with E-state index in [2.05, 4.69) is 20.3 Å². The molecule has 1 amide bonds. The largest absolute Gasteiger partial charge is 0.397 e. The summed E-state index contributed by atoms with van der Waals surface area (Å²) in [6.07, 6.45) is 2.92. The van der Waals surface area contributed by atoms with Crippen LogP contribution in [0.25, 0.3) is 0 Å². The summed E-state index contributed by atoms with van der Waals surface area (Å²) in [7, 11) is 0. The first-order chi connectivity index (χ1) is 8.63. The summed E-state index contributed by atoms with van der Waals surface area (Å²) in [6.45, 7) is 0. The van der Waals surface area contributed by atoms with Crippen LogP contribution in [0.3, 0.4) is 0 Å². The standard InChI is InChI=1S/C11H10ClN5O/c12-9-4-10(16-6-15-9)17-11(18)3-8-2-1-7(13)5-14-8/h1-2,4-6H,3,13H2,(H,15,16,17,18). The number of aromatic nitrogens is 3. The Kier molecular flexibility index (Phi) is 3.69. The number of halogens is 1. The van der Waals surface area contributed by atoms with E-state index < -0.39 is 0 Å². The highest BCUT2D eigenvalue weighted by Crippen LogP contribution is 2.09. The first kappa shape index (κ1) is 12.3. The number of nitrogens with one attached hydrogen (secondary N) is 1. The van der Waals surface area contributed by atoms with Crippen LogP contribution in [0, 0.1) is 0 Å². The lowest BCUT2D eigenvalue weighted by atomic mass is 10.2. The number of nitrogen functional groups attached to an aromatic ring is 1. The Bertz CT molecular complexity index is 558. The lowest BCUT2D eigenvalue weighted by molar-refractivity contribution is -0.115. The van der Waals surface area contributed by atoms with Gasteiger partial charge in [0.25, 0.3) is 0 Å². The Morgan fingerprint density at radius 1 is 1.33 bits per heavy atom. The molecule has 2 rings (SSSR count). The highest BCUT2D eigenvalue weighted by atomic mass is 35.5. The van der Waals surface area contributed by atoms with Crippen molar-refractivity contribution in [1.82, 2.24) is 15.0 Å². The normalized spacial score (nSPS) is 10.1. The molecule has 0 radical (unpaired) electrons. The number of pyridine rings is 1. The molecule has 0 fully saturated rings. The second kappa shape index (κ2) is 5.42. The van der Waals surface area contributed by atoms with Gasteiger partial charge < -0.3 is 11.1 Å². The first-order valence-corrected chi connectivity index (χ1v) is 5.49. The van der Waals surface area contributed by atoms with Crippen molar-refractivity contribution >= 4 is 29.0 Å². The smallest absolute Gasteiger partial charge is 0.231 e. The van der Waals surface area contributed by atoms with Gasteiger partial charge in [0.2, 0.25) is 5.91 Å². The van der Waals surface area contributed by atoms with Crippen LogP contribution >= 0.6 is 11.6 Å². The van der Waals surface area contributed by atoms with Crippen molar-refractivity contribution in [3.8, 4) is 0 Å². The molecule has 3 N–H and O–H groups in total. The summed E-state index contributed by atoms with van der Waals surface area (Å²) in [6, 6.07) is 4.86. The molecule has 0 spiro atoms. The number of nitrogens with two attached hydrogens (primary N) is 1. The number of carbonyl (C=O) groups excluding carboxylic acids is 1. The minimum Gasteiger partial charge on any atom is -0.397 e. The molecule has 0 saturated carbocycles. The van der Waals surface area contributed by atoms with E-state index in [1.165, 1.54) is 18.6 Å². The van der Waals surface area contributed by atoms with Crippen molar-refractivity contribution in [3.05, 3.63) is 41.6 Å². The Labute approximate surface area is 108 Å². The fraction of sp³-hybridized carbons (Fsp3) is 0.0909. The Hall–Kier alpha value is -2.21. The van der Waals surface area contributed by atoms with Crippen molar-refractivity contribution in [2.24, 2.45) is 0 Å². The van der Waals surface area contributed by atoms with Crippen molar-refractivity contribution in [3.63, 3.8) is 0 Å². The lowest BCUT2D eigenvalue weighted by Gasteiger charge is -2.04. The zero-order valence-corrected chi connectivity index (χ0v) is 10.1. The van der Waals surface area contributed by atoms with Crippen LogP contribution in [0.2, 0.25) is 5.15 Å². The summed E-state index contributed by atoms with van der Waals surface area (Å²) in [5.74, 6) is 0.123. The van der Waals surface area contributed by atoms with Gasteiger partial charge in [0.05, 0.1) is 18.3 Å². The maximum atomic E-state index is 11.7. The van der Waals surface area contributed by atoms with Crippen molar-refractivity contribution < 1.29 is 4.79 Å². The molecule has 2 aromatic rings. The minimum atomic E-state index is -0.234. The van der Waals surface area contributed by atoms with E-state index in [1.54, 1.807) is 12.1 Å². The SMILES string of the molecule is Nc1ccc(CC(=O)Nc2cc(Cl)ncn2)nc1. The summed E-state index contributed by atoms with van der Waals surface area (Å²) in [5, 5.41) is 2.87. The summed E-state index contributed by atoms with van der Waals surface area (Å²) < 4.78 is 0. The first-order valence-electron chi connectivity index (χ1n) is 5.11. The van der Waals surface area contributed by atoms with Gasteiger partial charge in [-0.1, -0.05) is 11.6 Å². The van der Waals surface area contributed by atoms with Gasteiger partial charge in [0.15, 0.2) is 0 Å². The number of rotatable bonds is 3. The molecule has 0 unspecified atom stereocenters. The highest BCUT2D eigenvalue weighted by molar-refractivity contribution is 6.29. The fourth-order valence-electron chi connectivity index (χ4n) is 1.29.